The molecular formula is C24H32N4O2. The second-order valence-electron chi connectivity index (χ2n) is 8.90. The van der Waals surface area contributed by atoms with Crippen LogP contribution in [0.3, 0.4) is 0 Å². The standard InChI is InChI=1S/C24H32N4O2/c1-24(2,3)19-9-11-20(12-10-19)27(4)22(18-8-7-13-25-16-18)23(30)26-17-21(29)28-14-5-6-15-28/h7-13,16,22H,5-6,14-15,17H2,1-4H3,(H,26,30). The van der Waals surface area contributed by atoms with E-state index in [1.54, 1.807) is 12.4 Å². The summed E-state index contributed by atoms with van der Waals surface area (Å²) in [6.07, 6.45) is 5.46. The fraction of sp³-hybridized carbons (Fsp3) is 0.458. The number of rotatable bonds is 6. The lowest BCUT2D eigenvalue weighted by molar-refractivity contribution is -0.132. The Morgan fingerprint density at radius 3 is 2.37 bits per heavy atom. The maximum atomic E-state index is 13.2. The Labute approximate surface area is 179 Å². The Morgan fingerprint density at radius 1 is 1.13 bits per heavy atom. The fourth-order valence-electron chi connectivity index (χ4n) is 3.77. The average Bonchev–Trinajstić information content (AvgIpc) is 3.27. The maximum absolute atomic E-state index is 13.2. The molecule has 1 fully saturated rings. The number of anilines is 1. The molecule has 0 saturated carbocycles. The van der Waals surface area contributed by atoms with Gasteiger partial charge in [-0.2, -0.15) is 0 Å². The van der Waals surface area contributed by atoms with Crippen molar-refractivity contribution in [1.29, 1.82) is 0 Å². The molecule has 2 heterocycles. The molecule has 0 bridgehead atoms. The number of carbonyl (C=O) groups excluding carboxylic acids is 2. The van der Waals surface area contributed by atoms with E-state index >= 15 is 0 Å². The third-order valence-electron chi connectivity index (χ3n) is 5.65. The van der Waals surface area contributed by atoms with Crippen LogP contribution in [0.15, 0.2) is 48.8 Å². The van der Waals surface area contributed by atoms with Crippen LogP contribution in [-0.2, 0) is 15.0 Å². The van der Waals surface area contributed by atoms with Crippen molar-refractivity contribution in [1.82, 2.24) is 15.2 Å². The number of benzene rings is 1. The van der Waals surface area contributed by atoms with Crippen LogP contribution in [0.4, 0.5) is 5.69 Å². The molecule has 0 spiro atoms. The van der Waals surface area contributed by atoms with E-state index in [1.165, 1.54) is 5.56 Å². The lowest BCUT2D eigenvalue weighted by atomic mass is 9.87. The van der Waals surface area contributed by atoms with Crippen LogP contribution in [0.2, 0.25) is 0 Å². The van der Waals surface area contributed by atoms with Gasteiger partial charge in [0.1, 0.15) is 6.04 Å². The minimum absolute atomic E-state index is 0.0202. The molecule has 1 aliphatic rings. The highest BCUT2D eigenvalue weighted by Gasteiger charge is 2.27. The quantitative estimate of drug-likeness (QED) is 0.797. The summed E-state index contributed by atoms with van der Waals surface area (Å²) in [5.41, 5.74) is 3.01. The fourth-order valence-corrected chi connectivity index (χ4v) is 3.77. The first-order valence-electron chi connectivity index (χ1n) is 10.6. The van der Waals surface area contributed by atoms with Crippen molar-refractivity contribution in [3.05, 3.63) is 59.9 Å². The van der Waals surface area contributed by atoms with Gasteiger partial charge >= 0.3 is 0 Å². The normalized spacial score (nSPS) is 15.0. The Kier molecular flexibility index (Phi) is 6.75. The smallest absolute Gasteiger partial charge is 0.247 e. The molecule has 6 heteroatoms. The zero-order valence-corrected chi connectivity index (χ0v) is 18.4. The van der Waals surface area contributed by atoms with Gasteiger partial charge in [0.15, 0.2) is 0 Å². The van der Waals surface area contributed by atoms with Crippen LogP contribution >= 0.6 is 0 Å². The molecule has 6 nitrogen and oxygen atoms in total. The molecular weight excluding hydrogens is 376 g/mol. The van der Waals surface area contributed by atoms with Gasteiger partial charge in [0.05, 0.1) is 6.54 Å². The summed E-state index contributed by atoms with van der Waals surface area (Å²) < 4.78 is 0. The van der Waals surface area contributed by atoms with Crippen LogP contribution in [0, 0.1) is 0 Å². The highest BCUT2D eigenvalue weighted by Crippen LogP contribution is 2.29. The largest absolute Gasteiger partial charge is 0.359 e. The lowest BCUT2D eigenvalue weighted by Gasteiger charge is -2.30. The molecule has 2 aromatic rings. The van der Waals surface area contributed by atoms with Gasteiger partial charge in [-0.15, -0.1) is 0 Å². The molecule has 1 saturated heterocycles. The first-order valence-corrected chi connectivity index (χ1v) is 10.6. The number of likely N-dealkylation sites (N-methyl/N-ethyl adjacent to an activating group) is 1. The monoisotopic (exact) mass is 408 g/mol. The van der Waals surface area contributed by atoms with Crippen molar-refractivity contribution >= 4 is 17.5 Å². The van der Waals surface area contributed by atoms with Crippen molar-refractivity contribution in [2.75, 3.05) is 31.6 Å². The van der Waals surface area contributed by atoms with Gasteiger partial charge in [0.2, 0.25) is 11.8 Å². The highest BCUT2D eigenvalue weighted by atomic mass is 16.2. The molecule has 1 aromatic carbocycles. The first-order chi connectivity index (χ1) is 14.3. The number of pyridine rings is 1. The number of hydrogen-bond donors (Lipinski definition) is 1. The molecule has 2 amide bonds. The number of hydrogen-bond acceptors (Lipinski definition) is 4. The molecule has 0 radical (unpaired) electrons. The van der Waals surface area contributed by atoms with Gasteiger partial charge in [0.25, 0.3) is 0 Å². The van der Waals surface area contributed by atoms with Crippen molar-refractivity contribution in [3.8, 4) is 0 Å². The van der Waals surface area contributed by atoms with Gasteiger partial charge in [-0.3, -0.25) is 14.6 Å². The zero-order valence-electron chi connectivity index (χ0n) is 18.4. The number of carbonyl (C=O) groups is 2. The predicted molar refractivity (Wildman–Crippen MR) is 119 cm³/mol. The molecule has 1 unspecified atom stereocenters. The summed E-state index contributed by atoms with van der Waals surface area (Å²) in [6.45, 7) is 8.10. The van der Waals surface area contributed by atoms with Crippen molar-refractivity contribution in [3.63, 3.8) is 0 Å². The second kappa shape index (κ2) is 9.28. The second-order valence-corrected chi connectivity index (χ2v) is 8.90. The van der Waals surface area contributed by atoms with Crippen LogP contribution in [-0.4, -0.2) is 48.4 Å². The number of nitrogens with one attached hydrogen (secondary N) is 1. The first kappa shape index (κ1) is 21.8. The number of aromatic nitrogens is 1. The average molecular weight is 409 g/mol. The van der Waals surface area contributed by atoms with Gasteiger partial charge in [-0.05, 0) is 42.0 Å². The Bertz CT molecular complexity index is 853. The van der Waals surface area contributed by atoms with E-state index in [0.717, 1.165) is 37.2 Å². The van der Waals surface area contributed by atoms with Gasteiger partial charge in [-0.25, -0.2) is 0 Å². The van der Waals surface area contributed by atoms with E-state index in [-0.39, 0.29) is 23.8 Å². The van der Waals surface area contributed by atoms with Crippen LogP contribution in [0.5, 0.6) is 0 Å². The van der Waals surface area contributed by atoms with Gasteiger partial charge in [-0.1, -0.05) is 39.0 Å². The van der Waals surface area contributed by atoms with Crippen molar-refractivity contribution < 1.29 is 9.59 Å². The predicted octanol–water partition coefficient (Wildman–Crippen LogP) is 3.30. The molecule has 1 N–H and O–H groups in total. The summed E-state index contributed by atoms with van der Waals surface area (Å²) in [7, 11) is 1.89. The van der Waals surface area contributed by atoms with E-state index in [9.17, 15) is 9.59 Å². The molecule has 0 aliphatic carbocycles. The van der Waals surface area contributed by atoms with Crippen molar-refractivity contribution in [2.45, 2.75) is 45.1 Å². The van der Waals surface area contributed by atoms with Crippen molar-refractivity contribution in [2.24, 2.45) is 0 Å². The SMILES string of the molecule is CN(c1ccc(C(C)(C)C)cc1)C(C(=O)NCC(=O)N1CCCC1)c1cccnc1. The van der Waals surface area contributed by atoms with Gasteiger partial charge < -0.3 is 15.1 Å². The minimum atomic E-state index is -0.578. The van der Waals surface area contributed by atoms with E-state index in [4.69, 9.17) is 0 Å². The minimum Gasteiger partial charge on any atom is -0.359 e. The van der Waals surface area contributed by atoms with E-state index < -0.39 is 6.04 Å². The van der Waals surface area contributed by atoms with E-state index in [0.29, 0.717) is 0 Å². The summed E-state index contributed by atoms with van der Waals surface area (Å²) in [4.78, 5) is 33.4. The topological polar surface area (TPSA) is 65.5 Å². The van der Waals surface area contributed by atoms with E-state index in [2.05, 4.69) is 43.2 Å². The molecule has 1 atom stereocenters. The molecule has 160 valence electrons. The zero-order chi connectivity index (χ0) is 21.7. The van der Waals surface area contributed by atoms with Crippen LogP contribution in [0.25, 0.3) is 0 Å². The number of amides is 2. The van der Waals surface area contributed by atoms with Crippen LogP contribution in [0.1, 0.15) is 50.8 Å². The molecule has 3 rings (SSSR count). The third-order valence-corrected chi connectivity index (χ3v) is 5.65. The summed E-state index contributed by atoms with van der Waals surface area (Å²) >= 11 is 0. The van der Waals surface area contributed by atoms with Crippen LogP contribution < -0.4 is 10.2 Å². The molecule has 1 aliphatic heterocycles. The Hall–Kier alpha value is -2.89. The highest BCUT2D eigenvalue weighted by molar-refractivity contribution is 5.90. The third kappa shape index (κ3) is 5.17. The van der Waals surface area contributed by atoms with Gasteiger partial charge in [0, 0.05) is 43.8 Å². The molecule has 1 aromatic heterocycles. The number of likely N-dealkylation sites (tertiary alicyclic amines) is 1. The molecule has 30 heavy (non-hydrogen) atoms. The summed E-state index contributed by atoms with van der Waals surface area (Å²) in [5.74, 6) is -0.235. The number of nitrogens with zero attached hydrogens (tertiary/aromatic N) is 3. The Morgan fingerprint density at radius 2 is 1.80 bits per heavy atom. The summed E-state index contributed by atoms with van der Waals surface area (Å²) in [6, 6.07) is 11.4. The van der Waals surface area contributed by atoms with E-state index in [1.807, 2.05) is 41.1 Å². The summed E-state index contributed by atoms with van der Waals surface area (Å²) in [5, 5.41) is 2.84. The Balaban J connectivity index is 1.78. The maximum Gasteiger partial charge on any atom is 0.247 e. The lowest BCUT2D eigenvalue weighted by Crippen LogP contribution is -2.44.